The monoisotopic (exact) mass is 298 g/mol. The van der Waals surface area contributed by atoms with Crippen LogP contribution in [0.15, 0.2) is 30.3 Å². The second-order valence-corrected chi connectivity index (χ2v) is 5.99. The van der Waals surface area contributed by atoms with Gasteiger partial charge in [-0.2, -0.15) is 0 Å². The van der Waals surface area contributed by atoms with Crippen LogP contribution in [0.3, 0.4) is 0 Å². The molecular formula is C18H22N2O2. The van der Waals surface area contributed by atoms with E-state index in [-0.39, 0.29) is 12.0 Å². The maximum absolute atomic E-state index is 12.5. The molecule has 1 aromatic carbocycles. The SMILES string of the molecule is CCC(O)CCNC(=O)c1cc(C2CC2)nc2ccccc12. The molecule has 4 nitrogen and oxygen atoms in total. The minimum absolute atomic E-state index is 0.0798. The largest absolute Gasteiger partial charge is 0.393 e. The first-order chi connectivity index (χ1) is 10.7. The van der Waals surface area contributed by atoms with Crippen molar-refractivity contribution in [1.82, 2.24) is 10.3 Å². The topological polar surface area (TPSA) is 62.2 Å². The zero-order valence-electron chi connectivity index (χ0n) is 12.9. The molecule has 1 amide bonds. The lowest BCUT2D eigenvalue weighted by Crippen LogP contribution is -2.27. The second kappa shape index (κ2) is 6.44. The van der Waals surface area contributed by atoms with Crippen molar-refractivity contribution in [3.05, 3.63) is 41.6 Å². The summed E-state index contributed by atoms with van der Waals surface area (Å²) < 4.78 is 0. The van der Waals surface area contributed by atoms with Gasteiger partial charge in [-0.3, -0.25) is 9.78 Å². The molecule has 1 saturated carbocycles. The van der Waals surface area contributed by atoms with E-state index in [1.165, 1.54) is 0 Å². The number of fused-ring (bicyclic) bond motifs is 1. The standard InChI is InChI=1S/C18H22N2O2/c1-2-13(21)9-10-19-18(22)15-11-17(12-7-8-12)20-16-6-4-3-5-14(15)16/h3-6,11-13,21H,2,7-10H2,1H3,(H,19,22). The molecule has 22 heavy (non-hydrogen) atoms. The Bertz CT molecular complexity index is 680. The van der Waals surface area contributed by atoms with Gasteiger partial charge in [0.25, 0.3) is 5.91 Å². The van der Waals surface area contributed by atoms with E-state index in [9.17, 15) is 9.90 Å². The van der Waals surface area contributed by atoms with E-state index < -0.39 is 0 Å². The van der Waals surface area contributed by atoms with Gasteiger partial charge in [-0.05, 0) is 37.8 Å². The summed E-state index contributed by atoms with van der Waals surface area (Å²) in [6.45, 7) is 2.42. The van der Waals surface area contributed by atoms with Crippen LogP contribution in [0.25, 0.3) is 10.9 Å². The molecule has 2 aromatic rings. The van der Waals surface area contributed by atoms with Gasteiger partial charge >= 0.3 is 0 Å². The highest BCUT2D eigenvalue weighted by Gasteiger charge is 2.26. The van der Waals surface area contributed by atoms with Crippen molar-refractivity contribution in [2.75, 3.05) is 6.54 Å². The highest BCUT2D eigenvalue weighted by molar-refractivity contribution is 6.06. The van der Waals surface area contributed by atoms with Crippen molar-refractivity contribution in [3.8, 4) is 0 Å². The number of amides is 1. The summed E-state index contributed by atoms with van der Waals surface area (Å²) in [4.78, 5) is 17.2. The molecule has 1 heterocycles. The Morgan fingerprint density at radius 3 is 2.91 bits per heavy atom. The fraction of sp³-hybridized carbons (Fsp3) is 0.444. The third-order valence-electron chi connectivity index (χ3n) is 4.21. The molecule has 0 spiro atoms. The van der Waals surface area contributed by atoms with Gasteiger partial charge in [0.15, 0.2) is 0 Å². The van der Waals surface area contributed by atoms with Crippen LogP contribution in [-0.4, -0.2) is 28.6 Å². The number of carbonyl (C=O) groups excluding carboxylic acids is 1. The van der Waals surface area contributed by atoms with E-state index in [0.29, 0.717) is 30.9 Å². The maximum atomic E-state index is 12.5. The average Bonchev–Trinajstić information content (AvgIpc) is 3.38. The molecule has 1 aromatic heterocycles. The highest BCUT2D eigenvalue weighted by atomic mass is 16.3. The van der Waals surface area contributed by atoms with E-state index >= 15 is 0 Å². The number of benzene rings is 1. The number of nitrogens with zero attached hydrogens (tertiary/aromatic N) is 1. The summed E-state index contributed by atoms with van der Waals surface area (Å²) in [5, 5.41) is 13.4. The van der Waals surface area contributed by atoms with Crippen molar-refractivity contribution in [2.45, 2.75) is 44.6 Å². The van der Waals surface area contributed by atoms with E-state index in [1.54, 1.807) is 0 Å². The van der Waals surface area contributed by atoms with E-state index in [0.717, 1.165) is 29.4 Å². The molecule has 1 aliphatic rings. The zero-order valence-corrected chi connectivity index (χ0v) is 12.9. The summed E-state index contributed by atoms with van der Waals surface area (Å²) in [6, 6.07) is 9.71. The van der Waals surface area contributed by atoms with Gasteiger partial charge in [0, 0.05) is 23.5 Å². The predicted molar refractivity (Wildman–Crippen MR) is 87.0 cm³/mol. The summed E-state index contributed by atoms with van der Waals surface area (Å²) in [5.74, 6) is 0.432. The van der Waals surface area contributed by atoms with Crippen molar-refractivity contribution >= 4 is 16.8 Å². The number of rotatable bonds is 6. The van der Waals surface area contributed by atoms with Gasteiger partial charge < -0.3 is 10.4 Å². The molecular weight excluding hydrogens is 276 g/mol. The predicted octanol–water partition coefficient (Wildman–Crippen LogP) is 3.00. The van der Waals surface area contributed by atoms with Gasteiger partial charge in [-0.1, -0.05) is 25.1 Å². The molecule has 1 unspecified atom stereocenters. The number of aromatic nitrogens is 1. The van der Waals surface area contributed by atoms with Crippen LogP contribution >= 0.6 is 0 Å². The Balaban J connectivity index is 1.83. The second-order valence-electron chi connectivity index (χ2n) is 5.99. The van der Waals surface area contributed by atoms with Crippen LogP contribution < -0.4 is 5.32 Å². The first-order valence-corrected chi connectivity index (χ1v) is 8.05. The minimum atomic E-state index is -0.350. The smallest absolute Gasteiger partial charge is 0.252 e. The van der Waals surface area contributed by atoms with Crippen LogP contribution in [0, 0.1) is 0 Å². The van der Waals surface area contributed by atoms with Crippen LogP contribution in [0.4, 0.5) is 0 Å². The molecule has 0 bridgehead atoms. The summed E-state index contributed by atoms with van der Waals surface area (Å²) in [6.07, 6.45) is 3.27. The number of pyridine rings is 1. The maximum Gasteiger partial charge on any atom is 0.252 e. The Morgan fingerprint density at radius 2 is 2.18 bits per heavy atom. The Kier molecular flexibility index (Phi) is 4.39. The lowest BCUT2D eigenvalue weighted by Gasteiger charge is -2.11. The lowest BCUT2D eigenvalue weighted by atomic mass is 10.1. The number of nitrogens with one attached hydrogen (secondary N) is 1. The van der Waals surface area contributed by atoms with Gasteiger partial charge in [0.2, 0.25) is 0 Å². The summed E-state index contributed by atoms with van der Waals surface area (Å²) in [7, 11) is 0. The molecule has 1 aliphatic carbocycles. The fourth-order valence-electron chi connectivity index (χ4n) is 2.62. The Labute approximate surface area is 130 Å². The molecule has 3 rings (SSSR count). The third-order valence-corrected chi connectivity index (χ3v) is 4.21. The molecule has 0 radical (unpaired) electrons. The number of hydrogen-bond donors (Lipinski definition) is 2. The molecule has 0 saturated heterocycles. The van der Waals surface area contributed by atoms with Crippen LogP contribution in [0.1, 0.15) is 54.6 Å². The van der Waals surface area contributed by atoms with E-state index in [4.69, 9.17) is 0 Å². The zero-order chi connectivity index (χ0) is 15.5. The van der Waals surface area contributed by atoms with Crippen LogP contribution in [0.2, 0.25) is 0 Å². The lowest BCUT2D eigenvalue weighted by molar-refractivity contribution is 0.0943. The molecule has 1 atom stereocenters. The number of para-hydroxylation sites is 1. The van der Waals surface area contributed by atoms with Crippen LogP contribution in [-0.2, 0) is 0 Å². The molecule has 0 aliphatic heterocycles. The number of aliphatic hydroxyl groups excluding tert-OH is 1. The Hall–Kier alpha value is -1.94. The molecule has 116 valence electrons. The summed E-state index contributed by atoms with van der Waals surface area (Å²) >= 11 is 0. The molecule has 2 N–H and O–H groups in total. The van der Waals surface area contributed by atoms with Gasteiger partial charge in [0.1, 0.15) is 0 Å². The first kappa shape index (κ1) is 15.0. The van der Waals surface area contributed by atoms with E-state index in [1.807, 2.05) is 37.3 Å². The van der Waals surface area contributed by atoms with Gasteiger partial charge in [0.05, 0.1) is 17.2 Å². The fourth-order valence-corrected chi connectivity index (χ4v) is 2.62. The van der Waals surface area contributed by atoms with E-state index in [2.05, 4.69) is 10.3 Å². The number of hydrogen-bond acceptors (Lipinski definition) is 3. The first-order valence-electron chi connectivity index (χ1n) is 8.05. The van der Waals surface area contributed by atoms with Crippen molar-refractivity contribution in [1.29, 1.82) is 0 Å². The minimum Gasteiger partial charge on any atom is -0.393 e. The molecule has 4 heteroatoms. The van der Waals surface area contributed by atoms with Crippen molar-refractivity contribution in [2.24, 2.45) is 0 Å². The Morgan fingerprint density at radius 1 is 1.41 bits per heavy atom. The number of carbonyl (C=O) groups is 1. The third kappa shape index (κ3) is 3.28. The van der Waals surface area contributed by atoms with Gasteiger partial charge in [-0.25, -0.2) is 0 Å². The van der Waals surface area contributed by atoms with Crippen molar-refractivity contribution < 1.29 is 9.90 Å². The average molecular weight is 298 g/mol. The summed E-state index contributed by atoms with van der Waals surface area (Å²) in [5.41, 5.74) is 2.60. The quantitative estimate of drug-likeness (QED) is 0.861. The highest BCUT2D eigenvalue weighted by Crippen LogP contribution is 2.40. The van der Waals surface area contributed by atoms with Crippen molar-refractivity contribution in [3.63, 3.8) is 0 Å². The number of aliphatic hydroxyl groups is 1. The normalized spacial score (nSPS) is 15.7. The molecule has 1 fully saturated rings. The van der Waals surface area contributed by atoms with Crippen LogP contribution in [0.5, 0.6) is 0 Å². The van der Waals surface area contributed by atoms with Gasteiger partial charge in [-0.15, -0.1) is 0 Å².